The number of ether oxygens (including phenoxy) is 4. The van der Waals surface area contributed by atoms with Crippen LogP contribution in [0.15, 0.2) is 0 Å². The molecular weight excluding hydrogens is 1210 g/mol. The molecule has 0 aliphatic rings. The lowest BCUT2D eigenvalue weighted by Crippen LogP contribution is -2.30. The summed E-state index contributed by atoms with van der Waals surface area (Å²) in [7, 11) is -9.89. The summed E-state index contributed by atoms with van der Waals surface area (Å²) in [6.07, 6.45) is 54.3. The van der Waals surface area contributed by atoms with Gasteiger partial charge in [0.1, 0.15) is 19.3 Å². The van der Waals surface area contributed by atoms with Crippen molar-refractivity contribution in [2.45, 2.75) is 400 Å². The number of rotatable bonds is 73. The summed E-state index contributed by atoms with van der Waals surface area (Å²) >= 11 is 0. The first-order valence-corrected chi connectivity index (χ1v) is 41.1. The minimum Gasteiger partial charge on any atom is -0.462 e. The lowest BCUT2D eigenvalue weighted by Gasteiger charge is -2.21. The fourth-order valence-corrected chi connectivity index (χ4v) is 12.8. The smallest absolute Gasteiger partial charge is 0.462 e. The average Bonchev–Trinajstić information content (AvgIpc) is 3.41. The fourth-order valence-electron chi connectivity index (χ4n) is 11.2. The largest absolute Gasteiger partial charge is 0.472 e. The van der Waals surface area contributed by atoms with Crippen LogP contribution >= 0.6 is 15.6 Å². The van der Waals surface area contributed by atoms with Crippen molar-refractivity contribution in [3.8, 4) is 0 Å². The highest BCUT2D eigenvalue weighted by molar-refractivity contribution is 7.47. The first-order valence-electron chi connectivity index (χ1n) is 38.1. The number of hydrogen-bond acceptors (Lipinski definition) is 15. The fraction of sp³-hybridized carbons (Fsp3) is 0.945. The molecule has 0 saturated heterocycles. The van der Waals surface area contributed by atoms with Crippen molar-refractivity contribution in [1.29, 1.82) is 0 Å². The number of unbranched alkanes of at least 4 members (excludes halogenated alkanes) is 45. The predicted molar refractivity (Wildman–Crippen MR) is 372 cm³/mol. The van der Waals surface area contributed by atoms with Crippen LogP contribution in [0.1, 0.15) is 381 Å². The second-order valence-corrected chi connectivity index (χ2v) is 29.7. The Labute approximate surface area is 562 Å². The third-order valence-electron chi connectivity index (χ3n) is 17.0. The van der Waals surface area contributed by atoms with Gasteiger partial charge in [0, 0.05) is 25.7 Å². The molecule has 0 fully saturated rings. The van der Waals surface area contributed by atoms with Crippen LogP contribution in [-0.2, 0) is 65.4 Å². The monoisotopic (exact) mass is 1350 g/mol. The number of carbonyl (C=O) groups excluding carboxylic acids is 4. The van der Waals surface area contributed by atoms with Gasteiger partial charge < -0.3 is 33.8 Å². The molecule has 0 rings (SSSR count). The lowest BCUT2D eigenvalue weighted by molar-refractivity contribution is -0.161. The number of aliphatic hydroxyl groups is 1. The second-order valence-electron chi connectivity index (χ2n) is 26.8. The van der Waals surface area contributed by atoms with Crippen LogP contribution in [0.4, 0.5) is 0 Å². The SMILES string of the molecule is CCCCCCCCCCCCCCCCCC(=O)OC[C@H](COP(=O)(O)OC[C@@H](O)COP(=O)(O)OC[C@@H](COC(=O)CCCCCCCCCC)OC(=O)CCCCCCCCCC)OC(=O)CCCCCCCCCCCCCCCCCCCCC(C)C. The summed E-state index contributed by atoms with van der Waals surface area (Å²) in [5.41, 5.74) is 0. The van der Waals surface area contributed by atoms with Crippen molar-refractivity contribution in [3.63, 3.8) is 0 Å². The predicted octanol–water partition coefficient (Wildman–Crippen LogP) is 21.3. The first-order chi connectivity index (χ1) is 44.5. The molecule has 0 aromatic heterocycles. The van der Waals surface area contributed by atoms with E-state index in [1.807, 2.05) is 0 Å². The van der Waals surface area contributed by atoms with Gasteiger partial charge >= 0.3 is 39.5 Å². The third-order valence-corrected chi connectivity index (χ3v) is 18.9. The van der Waals surface area contributed by atoms with Gasteiger partial charge in [-0.2, -0.15) is 0 Å². The van der Waals surface area contributed by atoms with Crippen molar-refractivity contribution in [3.05, 3.63) is 0 Å². The lowest BCUT2D eigenvalue weighted by atomic mass is 10.0. The van der Waals surface area contributed by atoms with E-state index in [1.165, 1.54) is 193 Å². The van der Waals surface area contributed by atoms with Crippen molar-refractivity contribution >= 4 is 39.5 Å². The maximum absolute atomic E-state index is 13.1. The molecule has 0 amide bonds. The number of phosphoric acid groups is 2. The molecular formula is C73H142O17P2. The molecule has 0 aliphatic carbocycles. The van der Waals surface area contributed by atoms with E-state index in [1.54, 1.807) is 0 Å². The van der Waals surface area contributed by atoms with Crippen LogP contribution in [0.3, 0.4) is 0 Å². The highest BCUT2D eigenvalue weighted by Crippen LogP contribution is 2.45. The van der Waals surface area contributed by atoms with E-state index in [4.69, 9.17) is 37.0 Å². The van der Waals surface area contributed by atoms with Crippen LogP contribution in [-0.4, -0.2) is 96.7 Å². The summed E-state index contributed by atoms with van der Waals surface area (Å²) in [4.78, 5) is 72.4. The average molecular weight is 1350 g/mol. The standard InChI is InChI=1S/C73H142O17P2/c1-6-9-12-15-18-21-22-23-28-32-35-38-43-47-52-57-71(76)84-63-69(90-73(78)59-54-49-44-39-36-33-30-27-25-24-26-29-31-34-37-40-45-50-55-66(4)5)65-88-92(81,82)86-61-67(74)60-85-91(79,80)87-64-68(89-72(77)58-53-48-42-20-17-14-11-8-3)62-83-70(75)56-51-46-41-19-16-13-10-7-2/h66-69,74H,6-65H2,1-5H3,(H,79,80)(H,81,82)/t67-,68+,69+/m0/s1. The molecule has 0 aromatic rings. The summed E-state index contributed by atoms with van der Waals surface area (Å²) in [5.74, 6) is -1.30. The van der Waals surface area contributed by atoms with Gasteiger partial charge in [-0.3, -0.25) is 37.3 Å². The van der Waals surface area contributed by atoms with Gasteiger partial charge in [0.15, 0.2) is 12.2 Å². The molecule has 17 nitrogen and oxygen atoms in total. The Balaban J connectivity index is 5.14. The molecule has 2 unspecified atom stereocenters. The Morgan fingerprint density at radius 2 is 0.500 bits per heavy atom. The van der Waals surface area contributed by atoms with Gasteiger partial charge in [0.05, 0.1) is 26.4 Å². The number of aliphatic hydroxyl groups excluding tert-OH is 1. The van der Waals surface area contributed by atoms with Crippen molar-refractivity contribution in [1.82, 2.24) is 0 Å². The molecule has 3 N–H and O–H groups in total. The van der Waals surface area contributed by atoms with Crippen LogP contribution < -0.4 is 0 Å². The Morgan fingerprint density at radius 3 is 0.739 bits per heavy atom. The van der Waals surface area contributed by atoms with E-state index in [9.17, 15) is 43.2 Å². The molecule has 19 heteroatoms. The normalized spacial score (nSPS) is 14.0. The molecule has 0 spiro atoms. The maximum atomic E-state index is 13.1. The van der Waals surface area contributed by atoms with Gasteiger partial charge in [0.2, 0.25) is 0 Å². The van der Waals surface area contributed by atoms with Crippen LogP contribution in [0.2, 0.25) is 0 Å². The number of esters is 4. The second kappa shape index (κ2) is 66.3. The first kappa shape index (κ1) is 90.1. The Hall–Kier alpha value is -1.94. The molecule has 546 valence electrons. The van der Waals surface area contributed by atoms with E-state index in [2.05, 4.69) is 34.6 Å². The molecule has 0 heterocycles. The molecule has 0 aromatic carbocycles. The zero-order valence-electron chi connectivity index (χ0n) is 59.7. The van der Waals surface area contributed by atoms with Gasteiger partial charge in [-0.25, -0.2) is 9.13 Å². The summed E-state index contributed by atoms with van der Waals surface area (Å²) < 4.78 is 68.2. The summed E-state index contributed by atoms with van der Waals surface area (Å²) in [5, 5.41) is 10.6. The Bertz CT molecular complexity index is 1770. The van der Waals surface area contributed by atoms with Gasteiger partial charge in [-0.1, -0.05) is 330 Å². The highest BCUT2D eigenvalue weighted by Gasteiger charge is 2.30. The molecule has 0 radical (unpaired) electrons. The number of phosphoric ester groups is 2. The topological polar surface area (TPSA) is 237 Å². The molecule has 0 aliphatic heterocycles. The van der Waals surface area contributed by atoms with Crippen molar-refractivity contribution in [2.24, 2.45) is 5.92 Å². The van der Waals surface area contributed by atoms with E-state index in [-0.39, 0.29) is 25.7 Å². The van der Waals surface area contributed by atoms with Gasteiger partial charge in [-0.15, -0.1) is 0 Å². The highest BCUT2D eigenvalue weighted by atomic mass is 31.2. The minimum absolute atomic E-state index is 0.105. The van der Waals surface area contributed by atoms with E-state index in [0.717, 1.165) is 109 Å². The minimum atomic E-state index is -4.95. The quantitative estimate of drug-likeness (QED) is 0.0222. The van der Waals surface area contributed by atoms with E-state index in [0.29, 0.717) is 25.7 Å². The third kappa shape index (κ3) is 66.7. The molecule has 5 atom stereocenters. The Kier molecular flexibility index (Phi) is 64.9. The van der Waals surface area contributed by atoms with Crippen molar-refractivity contribution < 1.29 is 80.2 Å². The zero-order valence-corrected chi connectivity index (χ0v) is 61.5. The van der Waals surface area contributed by atoms with Crippen LogP contribution in [0.25, 0.3) is 0 Å². The van der Waals surface area contributed by atoms with Gasteiger partial charge in [-0.05, 0) is 31.6 Å². The summed E-state index contributed by atoms with van der Waals surface area (Å²) in [6, 6.07) is 0. The van der Waals surface area contributed by atoms with Crippen molar-refractivity contribution in [2.75, 3.05) is 39.6 Å². The van der Waals surface area contributed by atoms with Crippen LogP contribution in [0, 0.1) is 5.92 Å². The zero-order chi connectivity index (χ0) is 67.7. The maximum Gasteiger partial charge on any atom is 0.472 e. The molecule has 92 heavy (non-hydrogen) atoms. The molecule has 0 bridgehead atoms. The number of hydrogen-bond donors (Lipinski definition) is 3. The summed E-state index contributed by atoms with van der Waals surface area (Å²) in [6.45, 7) is 7.25. The van der Waals surface area contributed by atoms with E-state index >= 15 is 0 Å². The Morgan fingerprint density at radius 1 is 0.293 bits per heavy atom. The van der Waals surface area contributed by atoms with Gasteiger partial charge in [0.25, 0.3) is 0 Å². The molecule has 0 saturated carbocycles. The number of carbonyl (C=O) groups is 4. The van der Waals surface area contributed by atoms with Crippen LogP contribution in [0.5, 0.6) is 0 Å². The van der Waals surface area contributed by atoms with E-state index < -0.39 is 97.5 Å².